The fourth-order valence-electron chi connectivity index (χ4n) is 5.20. The Morgan fingerprint density at radius 2 is 1.97 bits per heavy atom. The van der Waals surface area contributed by atoms with Crippen molar-refractivity contribution < 1.29 is 19.4 Å². The molecule has 4 heterocycles. The van der Waals surface area contributed by atoms with Gasteiger partial charge in [-0.3, -0.25) is 4.79 Å². The van der Waals surface area contributed by atoms with Gasteiger partial charge in [-0.15, -0.1) is 0 Å². The highest BCUT2D eigenvalue weighted by Crippen LogP contribution is 2.33. The highest BCUT2D eigenvalue weighted by Gasteiger charge is 2.34. The van der Waals surface area contributed by atoms with Gasteiger partial charge in [0, 0.05) is 37.2 Å². The molecular weight excluding hydrogens is 476 g/mol. The fourth-order valence-corrected chi connectivity index (χ4v) is 5.20. The van der Waals surface area contributed by atoms with E-state index in [9.17, 15) is 14.7 Å². The number of ether oxygens (including phenoxy) is 1. The summed E-state index contributed by atoms with van der Waals surface area (Å²) in [4.78, 5) is 36.8. The average molecular weight is 509 g/mol. The Hall–Kier alpha value is -3.93. The Morgan fingerprint density at radius 3 is 2.70 bits per heavy atom. The number of hydrogen-bond acceptors (Lipinski definition) is 8. The predicted octanol–water partition coefficient (Wildman–Crippen LogP) is 3.25. The summed E-state index contributed by atoms with van der Waals surface area (Å²) in [5, 5.41) is 17.8. The van der Waals surface area contributed by atoms with Gasteiger partial charge in [0.25, 0.3) is 5.91 Å². The lowest BCUT2D eigenvalue weighted by Gasteiger charge is -2.43. The lowest BCUT2D eigenvalue weighted by atomic mass is 10.1. The molecule has 2 amide bonds. The largest absolute Gasteiger partial charge is 0.465 e. The number of nitrogens with two attached hydrogens (primary N) is 1. The lowest BCUT2D eigenvalue weighted by molar-refractivity contribution is -0.0366. The number of nitrogens with zero attached hydrogens (tertiary/aromatic N) is 6. The number of anilines is 3. The topological polar surface area (TPSA) is 152 Å². The molecule has 2 aliphatic rings. The summed E-state index contributed by atoms with van der Waals surface area (Å²) in [5.74, 6) is -0.0370. The normalized spacial score (nSPS) is 22.3. The van der Waals surface area contributed by atoms with Crippen molar-refractivity contribution in [1.82, 2.24) is 24.6 Å². The molecule has 0 bridgehead atoms. The smallest absolute Gasteiger partial charge is 0.407 e. The molecule has 3 aromatic rings. The van der Waals surface area contributed by atoms with Crippen LogP contribution >= 0.6 is 0 Å². The van der Waals surface area contributed by atoms with Crippen molar-refractivity contribution in [1.29, 1.82) is 0 Å². The van der Waals surface area contributed by atoms with E-state index in [1.807, 2.05) is 42.5 Å². The van der Waals surface area contributed by atoms with Crippen molar-refractivity contribution in [2.75, 3.05) is 35.6 Å². The third-order valence-corrected chi connectivity index (χ3v) is 7.24. The quantitative estimate of drug-likeness (QED) is 0.482. The number of hydrogen-bond donors (Lipinski definition) is 3. The zero-order valence-corrected chi connectivity index (χ0v) is 21.2. The molecule has 12 heteroatoms. The van der Waals surface area contributed by atoms with E-state index in [2.05, 4.69) is 20.4 Å². The van der Waals surface area contributed by atoms with Crippen molar-refractivity contribution in [2.45, 2.75) is 58.3 Å². The molecule has 2 fully saturated rings. The summed E-state index contributed by atoms with van der Waals surface area (Å²) in [6.07, 6.45) is 5.00. The summed E-state index contributed by atoms with van der Waals surface area (Å²) < 4.78 is 7.79. The minimum atomic E-state index is -0.961. The number of nitrogen functional groups attached to an aromatic ring is 1. The molecule has 0 saturated carbocycles. The number of amides is 2. The van der Waals surface area contributed by atoms with Crippen LogP contribution in [-0.2, 0) is 4.74 Å². The van der Waals surface area contributed by atoms with Crippen molar-refractivity contribution >= 4 is 40.1 Å². The summed E-state index contributed by atoms with van der Waals surface area (Å²) in [7, 11) is 0. The molecule has 2 aliphatic heterocycles. The molecule has 12 nitrogen and oxygen atoms in total. The maximum atomic E-state index is 13.4. The van der Waals surface area contributed by atoms with E-state index in [1.165, 1.54) is 11.2 Å². The Labute approximate surface area is 214 Å². The summed E-state index contributed by atoms with van der Waals surface area (Å²) >= 11 is 0. The minimum absolute atomic E-state index is 0.0601. The van der Waals surface area contributed by atoms with Gasteiger partial charge in [0.05, 0.1) is 17.4 Å². The molecule has 37 heavy (non-hydrogen) atoms. The standard InChI is InChI=1S/C25H32N8O4/c1-14-7-8-18-17(10-29-33(18)19-6-4-5-9-37-19)21(14)30-24(34)22-20(26)23(28-13-27-22)31-11-16(3)32(25(35)36)12-15(31)2/h7-8,10,13,15-16,19H,4-6,9,11-12,26H2,1-3H3,(H,30,34)(H,35,36). The minimum Gasteiger partial charge on any atom is -0.465 e. The van der Waals surface area contributed by atoms with E-state index in [0.29, 0.717) is 31.2 Å². The second-order valence-corrected chi connectivity index (χ2v) is 9.80. The van der Waals surface area contributed by atoms with Crippen LogP contribution in [0.4, 0.5) is 22.0 Å². The number of carbonyl (C=O) groups is 2. The van der Waals surface area contributed by atoms with Gasteiger partial charge < -0.3 is 30.7 Å². The molecule has 1 aromatic carbocycles. The number of fused-ring (bicyclic) bond motifs is 1. The molecule has 0 radical (unpaired) electrons. The zero-order chi connectivity index (χ0) is 26.3. The van der Waals surface area contributed by atoms with Gasteiger partial charge in [-0.05, 0) is 51.7 Å². The van der Waals surface area contributed by atoms with E-state index < -0.39 is 12.0 Å². The highest BCUT2D eigenvalue weighted by atomic mass is 16.5. The molecule has 0 aliphatic carbocycles. The first-order chi connectivity index (χ1) is 17.8. The van der Waals surface area contributed by atoms with Crippen LogP contribution < -0.4 is 16.0 Å². The van der Waals surface area contributed by atoms with Gasteiger partial charge in [0.1, 0.15) is 12.0 Å². The number of nitrogens with one attached hydrogen (secondary N) is 1. The van der Waals surface area contributed by atoms with Crippen LogP contribution in [0.25, 0.3) is 10.9 Å². The van der Waals surface area contributed by atoms with Gasteiger partial charge in [-0.2, -0.15) is 5.10 Å². The molecule has 4 N–H and O–H groups in total. The van der Waals surface area contributed by atoms with E-state index in [-0.39, 0.29) is 29.7 Å². The number of carboxylic acid groups (broad SMARTS) is 1. The van der Waals surface area contributed by atoms with Crippen LogP contribution in [0.5, 0.6) is 0 Å². The van der Waals surface area contributed by atoms with E-state index in [4.69, 9.17) is 10.5 Å². The van der Waals surface area contributed by atoms with Crippen molar-refractivity contribution in [3.05, 3.63) is 35.9 Å². The van der Waals surface area contributed by atoms with Gasteiger partial charge in [-0.1, -0.05) is 6.07 Å². The fraction of sp³-hybridized carbons (Fsp3) is 0.480. The Kier molecular flexibility index (Phi) is 6.59. The molecular formula is C25H32N8O4. The molecule has 2 aromatic heterocycles. The predicted molar refractivity (Wildman–Crippen MR) is 139 cm³/mol. The second-order valence-electron chi connectivity index (χ2n) is 9.80. The van der Waals surface area contributed by atoms with E-state index in [1.54, 1.807) is 6.20 Å². The molecule has 3 atom stereocenters. The van der Waals surface area contributed by atoms with Crippen LogP contribution in [-0.4, -0.2) is 73.5 Å². The molecule has 196 valence electrons. The van der Waals surface area contributed by atoms with Crippen molar-refractivity contribution in [2.24, 2.45) is 0 Å². The summed E-state index contributed by atoms with van der Waals surface area (Å²) in [6, 6.07) is 3.50. The average Bonchev–Trinajstić information content (AvgIpc) is 3.32. The first kappa shape index (κ1) is 24.8. The number of aromatic nitrogens is 4. The van der Waals surface area contributed by atoms with Gasteiger partial charge in [0.2, 0.25) is 0 Å². The second kappa shape index (κ2) is 9.85. The van der Waals surface area contributed by atoms with Crippen molar-refractivity contribution in [3.63, 3.8) is 0 Å². The zero-order valence-electron chi connectivity index (χ0n) is 21.2. The number of aryl methyl sites for hydroxylation is 1. The maximum Gasteiger partial charge on any atom is 0.407 e. The van der Waals surface area contributed by atoms with Crippen LogP contribution in [0.1, 0.15) is 55.4 Å². The first-order valence-corrected chi connectivity index (χ1v) is 12.5. The monoisotopic (exact) mass is 508 g/mol. The first-order valence-electron chi connectivity index (χ1n) is 12.5. The third kappa shape index (κ3) is 4.52. The molecule has 5 rings (SSSR count). The Balaban J connectivity index is 1.42. The van der Waals surface area contributed by atoms with Crippen LogP contribution in [0.2, 0.25) is 0 Å². The highest BCUT2D eigenvalue weighted by molar-refractivity contribution is 6.11. The van der Waals surface area contributed by atoms with Gasteiger partial charge in [0.15, 0.2) is 17.7 Å². The Bertz CT molecular complexity index is 1340. The van der Waals surface area contributed by atoms with Gasteiger partial charge >= 0.3 is 6.09 Å². The number of carbonyl (C=O) groups excluding carboxylic acids is 1. The number of rotatable bonds is 4. The van der Waals surface area contributed by atoms with E-state index in [0.717, 1.165) is 35.7 Å². The number of piperazine rings is 1. The summed E-state index contributed by atoms with van der Waals surface area (Å²) in [5.41, 5.74) is 9.04. The Morgan fingerprint density at radius 1 is 1.16 bits per heavy atom. The molecule has 0 spiro atoms. The summed E-state index contributed by atoms with van der Waals surface area (Å²) in [6.45, 7) is 7.07. The molecule has 2 saturated heterocycles. The van der Waals surface area contributed by atoms with Crippen LogP contribution in [0.15, 0.2) is 24.7 Å². The van der Waals surface area contributed by atoms with Crippen LogP contribution in [0.3, 0.4) is 0 Å². The van der Waals surface area contributed by atoms with E-state index >= 15 is 0 Å². The molecule has 3 unspecified atom stereocenters. The van der Waals surface area contributed by atoms with Gasteiger partial charge in [-0.25, -0.2) is 19.4 Å². The lowest BCUT2D eigenvalue weighted by Crippen LogP contribution is -2.58. The number of benzene rings is 1. The SMILES string of the molecule is Cc1ccc2c(cnn2C2CCCCO2)c1NC(=O)c1ncnc(N2CC(C)N(C(=O)O)CC2C)c1N. The van der Waals surface area contributed by atoms with Crippen molar-refractivity contribution in [3.8, 4) is 0 Å². The third-order valence-electron chi connectivity index (χ3n) is 7.24. The maximum absolute atomic E-state index is 13.4. The van der Waals surface area contributed by atoms with Crippen LogP contribution in [0, 0.1) is 6.92 Å².